The van der Waals surface area contributed by atoms with Gasteiger partial charge in [-0.2, -0.15) is 0 Å². The lowest BCUT2D eigenvalue weighted by Gasteiger charge is -2.29. The summed E-state index contributed by atoms with van der Waals surface area (Å²) in [5.41, 5.74) is 0. The molecule has 0 aromatic carbocycles. The van der Waals surface area contributed by atoms with Gasteiger partial charge in [0, 0.05) is 26.6 Å². The molecule has 1 fully saturated rings. The minimum absolute atomic E-state index is 0.0774. The van der Waals surface area contributed by atoms with E-state index >= 15 is 0 Å². The van der Waals surface area contributed by atoms with Crippen LogP contribution in [-0.4, -0.2) is 72.6 Å². The molecule has 1 aliphatic heterocycles. The number of rotatable bonds is 9. The number of likely N-dealkylation sites (tertiary alicyclic amines) is 1. The topological polar surface area (TPSA) is 82.0 Å². The van der Waals surface area contributed by atoms with E-state index in [1.165, 1.54) is 6.42 Å². The quantitative estimate of drug-likeness (QED) is 0.527. The highest BCUT2D eigenvalue weighted by Crippen LogP contribution is 2.29. The third kappa shape index (κ3) is 4.64. The fourth-order valence-corrected chi connectivity index (χ4v) is 3.16. The molecule has 0 aromatic heterocycles. The summed E-state index contributed by atoms with van der Waals surface area (Å²) in [4.78, 5) is 13.8. The predicted molar refractivity (Wildman–Crippen MR) is 81.0 cm³/mol. The maximum atomic E-state index is 11.7. The van der Waals surface area contributed by atoms with Crippen LogP contribution in [0.1, 0.15) is 39.0 Å². The number of carbonyl (C=O) groups is 1. The van der Waals surface area contributed by atoms with Crippen LogP contribution >= 0.6 is 0 Å². The molecule has 124 valence electrons. The summed E-state index contributed by atoms with van der Waals surface area (Å²) in [6.07, 6.45) is 3.52. The van der Waals surface area contributed by atoms with E-state index < -0.39 is 12.2 Å². The van der Waals surface area contributed by atoms with Gasteiger partial charge in [0.1, 0.15) is 6.10 Å². The molecule has 1 rings (SSSR count). The first kappa shape index (κ1) is 18.4. The Balaban J connectivity index is 2.76. The van der Waals surface area contributed by atoms with Crippen molar-refractivity contribution in [2.75, 3.05) is 27.3 Å². The number of methoxy groups -OCH3 is 1. The van der Waals surface area contributed by atoms with Gasteiger partial charge in [0.15, 0.2) is 0 Å². The molecule has 1 heterocycles. The molecule has 0 bridgehead atoms. The number of unbranched alkanes of at least 4 members (excludes halogenated alkanes) is 3. The summed E-state index contributed by atoms with van der Waals surface area (Å²) >= 11 is 0. The van der Waals surface area contributed by atoms with E-state index in [0.717, 1.165) is 25.8 Å². The Labute approximate surface area is 127 Å². The molecule has 0 aliphatic carbocycles. The zero-order chi connectivity index (χ0) is 15.8. The number of ether oxygens (including phenoxy) is 1. The Hall–Kier alpha value is -0.690. The van der Waals surface area contributed by atoms with Crippen molar-refractivity contribution < 1.29 is 19.7 Å². The monoisotopic (exact) mass is 302 g/mol. The van der Waals surface area contributed by atoms with Crippen LogP contribution in [0.2, 0.25) is 0 Å². The molecule has 6 nitrogen and oxygen atoms in total. The maximum absolute atomic E-state index is 11.7. The van der Waals surface area contributed by atoms with Crippen LogP contribution in [0.4, 0.5) is 0 Å². The zero-order valence-corrected chi connectivity index (χ0v) is 13.4. The summed E-state index contributed by atoms with van der Waals surface area (Å²) in [6, 6.07) is -0.546. The van der Waals surface area contributed by atoms with Crippen LogP contribution in [0.25, 0.3) is 0 Å². The molecule has 1 saturated heterocycles. The van der Waals surface area contributed by atoms with Crippen molar-refractivity contribution >= 4 is 5.91 Å². The van der Waals surface area contributed by atoms with Crippen LogP contribution in [0.15, 0.2) is 0 Å². The number of amides is 1. The molecule has 4 atom stereocenters. The summed E-state index contributed by atoms with van der Waals surface area (Å²) in [5, 5.41) is 22.5. The normalized spacial score (nSPS) is 29.8. The summed E-state index contributed by atoms with van der Waals surface area (Å²) in [6.45, 7) is 2.80. The van der Waals surface area contributed by atoms with E-state index in [-0.39, 0.29) is 31.0 Å². The lowest BCUT2D eigenvalue weighted by atomic mass is 10.1. The Morgan fingerprint density at radius 1 is 1.29 bits per heavy atom. The van der Waals surface area contributed by atoms with Gasteiger partial charge in [-0.25, -0.2) is 0 Å². The van der Waals surface area contributed by atoms with Crippen molar-refractivity contribution in [3.63, 3.8) is 0 Å². The average Bonchev–Trinajstić information content (AvgIpc) is 2.74. The number of carbonyl (C=O) groups excluding carboxylic acids is 1. The van der Waals surface area contributed by atoms with Gasteiger partial charge < -0.3 is 20.3 Å². The molecule has 3 N–H and O–H groups in total. The minimum atomic E-state index is -0.763. The minimum Gasteiger partial charge on any atom is -0.395 e. The first-order valence-electron chi connectivity index (χ1n) is 7.88. The Bertz CT molecular complexity index is 314. The first-order valence-corrected chi connectivity index (χ1v) is 7.88. The third-order valence-corrected chi connectivity index (χ3v) is 4.36. The fourth-order valence-electron chi connectivity index (χ4n) is 3.16. The third-order valence-electron chi connectivity index (χ3n) is 4.36. The Morgan fingerprint density at radius 2 is 2.00 bits per heavy atom. The highest BCUT2D eigenvalue weighted by molar-refractivity contribution is 5.76. The number of hydrogen-bond acceptors (Lipinski definition) is 5. The molecule has 6 heteroatoms. The van der Waals surface area contributed by atoms with E-state index in [9.17, 15) is 15.0 Å². The van der Waals surface area contributed by atoms with Crippen molar-refractivity contribution in [1.82, 2.24) is 10.2 Å². The van der Waals surface area contributed by atoms with Crippen LogP contribution in [0.5, 0.6) is 0 Å². The maximum Gasteiger partial charge on any atom is 0.221 e. The summed E-state index contributed by atoms with van der Waals surface area (Å²) in [7, 11) is 3.14. The van der Waals surface area contributed by atoms with E-state index in [1.54, 1.807) is 14.2 Å². The van der Waals surface area contributed by atoms with Gasteiger partial charge in [-0.05, 0) is 13.0 Å². The van der Waals surface area contributed by atoms with E-state index in [0.29, 0.717) is 0 Å². The molecule has 21 heavy (non-hydrogen) atoms. The molecule has 0 aromatic rings. The number of aliphatic hydroxyl groups is 2. The van der Waals surface area contributed by atoms with Gasteiger partial charge >= 0.3 is 0 Å². The lowest BCUT2D eigenvalue weighted by molar-refractivity contribution is -0.122. The fraction of sp³-hybridized carbons (Fsp3) is 0.933. The molecule has 1 amide bonds. The second kappa shape index (κ2) is 9.35. The largest absolute Gasteiger partial charge is 0.395 e. The van der Waals surface area contributed by atoms with Crippen LogP contribution in [0, 0.1) is 0 Å². The van der Waals surface area contributed by atoms with Crippen LogP contribution < -0.4 is 5.32 Å². The number of nitrogens with zero attached hydrogens (tertiary/aromatic N) is 1. The van der Waals surface area contributed by atoms with Crippen molar-refractivity contribution in [2.45, 2.75) is 63.3 Å². The number of aliphatic hydroxyl groups excluding tert-OH is 2. The zero-order valence-electron chi connectivity index (χ0n) is 13.4. The van der Waals surface area contributed by atoms with Crippen molar-refractivity contribution in [3.8, 4) is 0 Å². The molecule has 0 radical (unpaired) electrons. The van der Waals surface area contributed by atoms with Crippen LogP contribution in [-0.2, 0) is 9.53 Å². The summed E-state index contributed by atoms with van der Waals surface area (Å²) < 4.78 is 5.39. The first-order chi connectivity index (χ1) is 10.1. The molecular weight excluding hydrogens is 272 g/mol. The lowest BCUT2D eigenvalue weighted by Crippen LogP contribution is -2.44. The molecule has 1 aliphatic rings. The van der Waals surface area contributed by atoms with Gasteiger partial charge in [-0.15, -0.1) is 0 Å². The summed E-state index contributed by atoms with van der Waals surface area (Å²) in [5.74, 6) is -0.0774. The van der Waals surface area contributed by atoms with Gasteiger partial charge in [0.2, 0.25) is 5.91 Å². The average molecular weight is 302 g/mol. The smallest absolute Gasteiger partial charge is 0.221 e. The van der Waals surface area contributed by atoms with Gasteiger partial charge in [-0.1, -0.05) is 26.2 Å². The second-order valence-electron chi connectivity index (χ2n) is 5.68. The van der Waals surface area contributed by atoms with Crippen LogP contribution in [0.3, 0.4) is 0 Å². The van der Waals surface area contributed by atoms with E-state index in [1.807, 2.05) is 4.90 Å². The highest BCUT2D eigenvalue weighted by Gasteiger charge is 2.48. The second-order valence-corrected chi connectivity index (χ2v) is 5.68. The molecule has 0 spiro atoms. The predicted octanol–water partition coefficient (Wildman–Crippen LogP) is 0.124. The van der Waals surface area contributed by atoms with E-state index in [4.69, 9.17) is 4.74 Å². The van der Waals surface area contributed by atoms with Crippen molar-refractivity contribution in [1.29, 1.82) is 0 Å². The SMILES string of the molecule is CCCCCCN1C(CO)C(O)[C@@H](OC)[C@H]1CC(=O)NC. The Kier molecular flexibility index (Phi) is 8.18. The van der Waals surface area contributed by atoms with Gasteiger partial charge in [0.05, 0.1) is 18.8 Å². The number of nitrogens with one attached hydrogen (secondary N) is 1. The van der Waals surface area contributed by atoms with Gasteiger partial charge in [0.25, 0.3) is 0 Å². The standard InChI is InChI=1S/C15H30N2O4/c1-4-5-6-7-8-17-11(9-13(19)16-2)15(21-3)14(20)12(17)10-18/h11-12,14-15,18,20H,4-10H2,1-3H3,(H,16,19)/t11-,12?,14?,15+/m1/s1. The highest BCUT2D eigenvalue weighted by atomic mass is 16.5. The molecule has 2 unspecified atom stereocenters. The van der Waals surface area contributed by atoms with Crippen molar-refractivity contribution in [2.24, 2.45) is 0 Å². The number of hydrogen-bond donors (Lipinski definition) is 3. The molecule has 0 saturated carbocycles. The molecular formula is C15H30N2O4. The van der Waals surface area contributed by atoms with Crippen molar-refractivity contribution in [3.05, 3.63) is 0 Å². The van der Waals surface area contributed by atoms with Gasteiger partial charge in [-0.3, -0.25) is 9.69 Å². The van der Waals surface area contributed by atoms with E-state index in [2.05, 4.69) is 12.2 Å². The Morgan fingerprint density at radius 3 is 2.52 bits per heavy atom.